The standard InChI is InChI=1S/C13H28N2/c1-5-6-11(2)9-14-10-12(3)15(4)13-7-8-13/h11-14H,5-10H2,1-4H3. The Balaban J connectivity index is 2.02. The molecule has 1 aliphatic carbocycles. The predicted octanol–water partition coefficient (Wildman–Crippen LogP) is 2.49. The van der Waals surface area contributed by atoms with E-state index in [0.717, 1.165) is 18.5 Å². The molecule has 0 saturated heterocycles. The first kappa shape index (κ1) is 13.0. The van der Waals surface area contributed by atoms with Crippen LogP contribution in [0.5, 0.6) is 0 Å². The molecule has 0 radical (unpaired) electrons. The topological polar surface area (TPSA) is 15.3 Å². The van der Waals surface area contributed by atoms with Gasteiger partial charge in [-0.05, 0) is 45.7 Å². The van der Waals surface area contributed by atoms with Gasteiger partial charge in [0.25, 0.3) is 0 Å². The third kappa shape index (κ3) is 4.98. The van der Waals surface area contributed by atoms with E-state index in [1.54, 1.807) is 0 Å². The van der Waals surface area contributed by atoms with E-state index in [-0.39, 0.29) is 0 Å². The summed E-state index contributed by atoms with van der Waals surface area (Å²) in [4.78, 5) is 2.53. The SMILES string of the molecule is CCCC(C)CNCC(C)N(C)C1CC1. The molecule has 0 amide bonds. The third-order valence-electron chi connectivity index (χ3n) is 3.53. The van der Waals surface area contributed by atoms with Crippen LogP contribution in [0.4, 0.5) is 0 Å². The minimum absolute atomic E-state index is 0.686. The summed E-state index contributed by atoms with van der Waals surface area (Å²) in [6, 6.07) is 1.57. The fourth-order valence-corrected chi connectivity index (χ4v) is 2.12. The maximum atomic E-state index is 3.59. The van der Waals surface area contributed by atoms with Gasteiger partial charge in [0.2, 0.25) is 0 Å². The van der Waals surface area contributed by atoms with Gasteiger partial charge in [-0.25, -0.2) is 0 Å². The van der Waals surface area contributed by atoms with Gasteiger partial charge in [-0.2, -0.15) is 0 Å². The molecule has 90 valence electrons. The van der Waals surface area contributed by atoms with Gasteiger partial charge in [0.15, 0.2) is 0 Å². The number of nitrogens with zero attached hydrogens (tertiary/aromatic N) is 1. The van der Waals surface area contributed by atoms with Gasteiger partial charge in [0.05, 0.1) is 0 Å². The molecule has 0 aliphatic heterocycles. The van der Waals surface area contributed by atoms with Crippen LogP contribution in [-0.2, 0) is 0 Å². The van der Waals surface area contributed by atoms with Crippen LogP contribution in [0.3, 0.4) is 0 Å². The molecule has 1 rings (SSSR count). The van der Waals surface area contributed by atoms with E-state index in [1.807, 2.05) is 0 Å². The molecule has 2 heteroatoms. The Morgan fingerprint density at radius 1 is 1.27 bits per heavy atom. The first-order valence-corrected chi connectivity index (χ1v) is 6.57. The van der Waals surface area contributed by atoms with Crippen LogP contribution < -0.4 is 5.32 Å². The van der Waals surface area contributed by atoms with Crippen molar-refractivity contribution in [1.29, 1.82) is 0 Å². The molecule has 0 bridgehead atoms. The predicted molar refractivity (Wildman–Crippen MR) is 67.2 cm³/mol. The highest BCUT2D eigenvalue weighted by molar-refractivity contribution is 4.85. The lowest BCUT2D eigenvalue weighted by molar-refractivity contribution is 0.238. The van der Waals surface area contributed by atoms with E-state index >= 15 is 0 Å². The van der Waals surface area contributed by atoms with Crippen molar-refractivity contribution in [3.05, 3.63) is 0 Å². The smallest absolute Gasteiger partial charge is 0.0192 e. The Morgan fingerprint density at radius 2 is 1.93 bits per heavy atom. The van der Waals surface area contributed by atoms with Gasteiger partial charge >= 0.3 is 0 Å². The first-order chi connectivity index (χ1) is 7.15. The maximum absolute atomic E-state index is 3.59. The number of hydrogen-bond acceptors (Lipinski definition) is 2. The van der Waals surface area contributed by atoms with Crippen LogP contribution in [-0.4, -0.2) is 37.1 Å². The molecule has 0 aromatic carbocycles. The summed E-state index contributed by atoms with van der Waals surface area (Å²) < 4.78 is 0. The summed E-state index contributed by atoms with van der Waals surface area (Å²) in [6.45, 7) is 9.25. The Morgan fingerprint density at radius 3 is 2.47 bits per heavy atom. The van der Waals surface area contributed by atoms with Gasteiger partial charge in [-0.15, -0.1) is 0 Å². The van der Waals surface area contributed by atoms with Crippen molar-refractivity contribution >= 4 is 0 Å². The molecule has 2 nitrogen and oxygen atoms in total. The highest BCUT2D eigenvalue weighted by Gasteiger charge is 2.28. The molecule has 0 spiro atoms. The number of hydrogen-bond donors (Lipinski definition) is 1. The van der Waals surface area contributed by atoms with E-state index in [0.29, 0.717) is 6.04 Å². The quantitative estimate of drug-likeness (QED) is 0.665. The van der Waals surface area contributed by atoms with Gasteiger partial charge in [-0.1, -0.05) is 20.3 Å². The van der Waals surface area contributed by atoms with Gasteiger partial charge in [-0.3, -0.25) is 4.90 Å². The molecule has 1 N–H and O–H groups in total. The molecule has 0 aromatic heterocycles. The van der Waals surface area contributed by atoms with E-state index in [9.17, 15) is 0 Å². The lowest BCUT2D eigenvalue weighted by atomic mass is 10.1. The second kappa shape index (κ2) is 6.49. The molecule has 15 heavy (non-hydrogen) atoms. The molecule has 0 heterocycles. The molecule has 2 atom stereocenters. The maximum Gasteiger partial charge on any atom is 0.0192 e. The van der Waals surface area contributed by atoms with Crippen LogP contribution in [0.25, 0.3) is 0 Å². The van der Waals surface area contributed by atoms with Crippen molar-refractivity contribution in [3.8, 4) is 0 Å². The van der Waals surface area contributed by atoms with Crippen LogP contribution in [0, 0.1) is 5.92 Å². The molecule has 1 aliphatic rings. The normalized spacial score (nSPS) is 20.6. The van der Waals surface area contributed by atoms with Crippen LogP contribution in [0.1, 0.15) is 46.5 Å². The molecular formula is C13H28N2. The number of likely N-dealkylation sites (N-methyl/N-ethyl adjacent to an activating group) is 1. The van der Waals surface area contributed by atoms with Gasteiger partial charge in [0.1, 0.15) is 0 Å². The minimum Gasteiger partial charge on any atom is -0.315 e. The van der Waals surface area contributed by atoms with E-state index in [2.05, 4.69) is 38.0 Å². The van der Waals surface area contributed by atoms with E-state index < -0.39 is 0 Å². The van der Waals surface area contributed by atoms with Gasteiger partial charge < -0.3 is 5.32 Å². The lowest BCUT2D eigenvalue weighted by Gasteiger charge is -2.25. The molecular weight excluding hydrogens is 184 g/mol. The Kier molecular flexibility index (Phi) is 5.62. The van der Waals surface area contributed by atoms with E-state index in [1.165, 1.54) is 32.2 Å². The average Bonchev–Trinajstić information content (AvgIpc) is 3.00. The highest BCUT2D eigenvalue weighted by Crippen LogP contribution is 2.26. The fraction of sp³-hybridized carbons (Fsp3) is 1.00. The summed E-state index contributed by atoms with van der Waals surface area (Å²) in [5.41, 5.74) is 0. The van der Waals surface area contributed by atoms with Crippen molar-refractivity contribution in [1.82, 2.24) is 10.2 Å². The van der Waals surface area contributed by atoms with Crippen LogP contribution >= 0.6 is 0 Å². The summed E-state index contributed by atoms with van der Waals surface area (Å²) >= 11 is 0. The summed E-state index contributed by atoms with van der Waals surface area (Å²) in [5, 5.41) is 3.59. The monoisotopic (exact) mass is 212 g/mol. The van der Waals surface area contributed by atoms with Crippen LogP contribution in [0.2, 0.25) is 0 Å². The molecule has 1 saturated carbocycles. The summed E-state index contributed by atoms with van der Waals surface area (Å²) in [7, 11) is 2.26. The van der Waals surface area contributed by atoms with Crippen molar-refractivity contribution < 1.29 is 0 Å². The van der Waals surface area contributed by atoms with Crippen molar-refractivity contribution in [3.63, 3.8) is 0 Å². The van der Waals surface area contributed by atoms with Crippen LogP contribution in [0.15, 0.2) is 0 Å². The highest BCUT2D eigenvalue weighted by atomic mass is 15.2. The number of nitrogens with one attached hydrogen (secondary N) is 1. The van der Waals surface area contributed by atoms with Crippen molar-refractivity contribution in [2.24, 2.45) is 5.92 Å². The van der Waals surface area contributed by atoms with Gasteiger partial charge in [0, 0.05) is 18.6 Å². The summed E-state index contributed by atoms with van der Waals surface area (Å²) in [5.74, 6) is 0.827. The molecule has 1 fully saturated rings. The molecule has 0 aromatic rings. The largest absolute Gasteiger partial charge is 0.315 e. The zero-order chi connectivity index (χ0) is 11.3. The Bertz CT molecular complexity index is 166. The zero-order valence-electron chi connectivity index (χ0n) is 10.9. The van der Waals surface area contributed by atoms with E-state index in [4.69, 9.17) is 0 Å². The minimum atomic E-state index is 0.686. The Labute approximate surface area is 95.4 Å². The third-order valence-corrected chi connectivity index (χ3v) is 3.53. The second-order valence-corrected chi connectivity index (χ2v) is 5.30. The second-order valence-electron chi connectivity index (χ2n) is 5.30. The molecule has 2 unspecified atom stereocenters. The lowest BCUT2D eigenvalue weighted by Crippen LogP contribution is -2.40. The number of rotatable bonds is 8. The van der Waals surface area contributed by atoms with Crippen molar-refractivity contribution in [2.45, 2.75) is 58.5 Å². The average molecular weight is 212 g/mol. The van der Waals surface area contributed by atoms with Crippen molar-refractivity contribution in [2.75, 3.05) is 20.1 Å². The first-order valence-electron chi connectivity index (χ1n) is 6.57. The zero-order valence-corrected chi connectivity index (χ0v) is 10.9. The fourth-order valence-electron chi connectivity index (χ4n) is 2.12. The Hall–Kier alpha value is -0.0800. The summed E-state index contributed by atoms with van der Waals surface area (Å²) in [6.07, 6.45) is 5.47.